The molecule has 0 aliphatic heterocycles. The molecule has 6 heteroatoms. The van der Waals surface area contributed by atoms with Crippen molar-refractivity contribution in [3.05, 3.63) is 21.0 Å². The standard InChI is InChI=1S/C14H24BrN3OS/c1-3-9-18-14(19)13(15)12(11-17-18)16-8-6-4-5-7-10-20-2/h11,16H,3-10H2,1-2H3. The van der Waals surface area contributed by atoms with Crippen molar-refractivity contribution in [2.24, 2.45) is 0 Å². The Kier molecular flexibility index (Phi) is 9.02. The van der Waals surface area contributed by atoms with Gasteiger partial charge in [-0.3, -0.25) is 4.79 Å². The molecule has 0 saturated carbocycles. The first-order valence-corrected chi connectivity index (χ1v) is 9.37. The number of nitrogens with one attached hydrogen (secondary N) is 1. The number of aryl methyl sites for hydroxylation is 1. The average molecular weight is 362 g/mol. The third-order valence-electron chi connectivity index (χ3n) is 3.01. The van der Waals surface area contributed by atoms with Gasteiger partial charge in [0.05, 0.1) is 11.9 Å². The van der Waals surface area contributed by atoms with Crippen molar-refractivity contribution in [1.29, 1.82) is 0 Å². The second kappa shape index (κ2) is 10.3. The number of thioether (sulfide) groups is 1. The maximum absolute atomic E-state index is 12.0. The summed E-state index contributed by atoms with van der Waals surface area (Å²) in [5.74, 6) is 1.25. The Morgan fingerprint density at radius 2 is 2.10 bits per heavy atom. The molecule has 1 aromatic heterocycles. The molecule has 0 spiro atoms. The number of unbranched alkanes of at least 4 members (excludes halogenated alkanes) is 3. The minimum Gasteiger partial charge on any atom is -0.383 e. The van der Waals surface area contributed by atoms with Gasteiger partial charge in [0.15, 0.2) is 0 Å². The van der Waals surface area contributed by atoms with Crippen LogP contribution in [0.1, 0.15) is 39.0 Å². The molecular formula is C14H24BrN3OS. The van der Waals surface area contributed by atoms with Gasteiger partial charge >= 0.3 is 0 Å². The molecule has 0 radical (unpaired) electrons. The van der Waals surface area contributed by atoms with E-state index in [2.05, 4.69) is 32.6 Å². The second-order valence-electron chi connectivity index (χ2n) is 4.73. The van der Waals surface area contributed by atoms with Crippen molar-refractivity contribution < 1.29 is 0 Å². The van der Waals surface area contributed by atoms with Crippen LogP contribution in [0.5, 0.6) is 0 Å². The van der Waals surface area contributed by atoms with Gasteiger partial charge in [-0.1, -0.05) is 19.8 Å². The Morgan fingerprint density at radius 1 is 1.35 bits per heavy atom. The van der Waals surface area contributed by atoms with Crippen molar-refractivity contribution in [1.82, 2.24) is 9.78 Å². The molecule has 114 valence electrons. The van der Waals surface area contributed by atoms with E-state index in [0.717, 1.165) is 25.1 Å². The fourth-order valence-electron chi connectivity index (χ4n) is 1.91. The van der Waals surface area contributed by atoms with E-state index in [-0.39, 0.29) is 5.56 Å². The van der Waals surface area contributed by atoms with E-state index in [0.29, 0.717) is 11.0 Å². The lowest BCUT2D eigenvalue weighted by molar-refractivity contribution is 0.565. The first-order valence-electron chi connectivity index (χ1n) is 7.19. The third-order valence-corrected chi connectivity index (χ3v) is 4.47. The highest BCUT2D eigenvalue weighted by atomic mass is 79.9. The third kappa shape index (κ3) is 5.87. The Bertz CT molecular complexity index is 451. The molecule has 1 heterocycles. The van der Waals surface area contributed by atoms with E-state index in [1.165, 1.54) is 29.7 Å². The largest absolute Gasteiger partial charge is 0.383 e. The number of hydrogen-bond acceptors (Lipinski definition) is 4. The van der Waals surface area contributed by atoms with Crippen molar-refractivity contribution in [2.75, 3.05) is 23.9 Å². The fourth-order valence-corrected chi connectivity index (χ4v) is 2.85. The molecule has 4 nitrogen and oxygen atoms in total. The van der Waals surface area contributed by atoms with Gasteiger partial charge in [-0.2, -0.15) is 16.9 Å². The molecule has 0 amide bonds. The Balaban J connectivity index is 2.37. The average Bonchev–Trinajstić information content (AvgIpc) is 2.45. The van der Waals surface area contributed by atoms with Crippen LogP contribution in [-0.2, 0) is 6.54 Å². The zero-order valence-electron chi connectivity index (χ0n) is 12.3. The van der Waals surface area contributed by atoms with Crippen LogP contribution in [-0.4, -0.2) is 28.3 Å². The van der Waals surface area contributed by atoms with Crippen LogP contribution < -0.4 is 10.9 Å². The van der Waals surface area contributed by atoms with Gasteiger partial charge in [-0.25, -0.2) is 4.68 Å². The Labute approximate surface area is 133 Å². The second-order valence-corrected chi connectivity index (χ2v) is 6.51. The smallest absolute Gasteiger partial charge is 0.283 e. The summed E-state index contributed by atoms with van der Waals surface area (Å²) in [6.45, 7) is 3.58. The summed E-state index contributed by atoms with van der Waals surface area (Å²) in [6.07, 6.45) is 9.70. The maximum atomic E-state index is 12.0. The first kappa shape index (κ1) is 17.6. The Hall–Kier alpha value is -0.490. The van der Waals surface area contributed by atoms with E-state index in [1.54, 1.807) is 6.20 Å². The van der Waals surface area contributed by atoms with E-state index in [9.17, 15) is 4.79 Å². The summed E-state index contributed by atoms with van der Waals surface area (Å²) in [7, 11) is 0. The van der Waals surface area contributed by atoms with Crippen molar-refractivity contribution in [3.63, 3.8) is 0 Å². The minimum atomic E-state index is -0.0585. The van der Waals surface area contributed by atoms with Crippen LogP contribution in [0.4, 0.5) is 5.69 Å². The highest BCUT2D eigenvalue weighted by molar-refractivity contribution is 9.10. The van der Waals surface area contributed by atoms with Gasteiger partial charge in [0.25, 0.3) is 5.56 Å². The quantitative estimate of drug-likeness (QED) is 0.644. The molecule has 0 aliphatic rings. The zero-order chi connectivity index (χ0) is 14.8. The van der Waals surface area contributed by atoms with Gasteiger partial charge in [-0.15, -0.1) is 0 Å². The summed E-state index contributed by atoms with van der Waals surface area (Å²) in [5.41, 5.74) is 0.739. The molecule has 20 heavy (non-hydrogen) atoms. The molecule has 0 saturated heterocycles. The molecule has 0 atom stereocenters. The van der Waals surface area contributed by atoms with Crippen LogP contribution in [0.25, 0.3) is 0 Å². The number of rotatable bonds is 10. The number of anilines is 1. The van der Waals surface area contributed by atoms with Gasteiger partial charge in [0.2, 0.25) is 0 Å². The van der Waals surface area contributed by atoms with E-state index in [1.807, 2.05) is 18.7 Å². The lowest BCUT2D eigenvalue weighted by atomic mass is 10.2. The van der Waals surface area contributed by atoms with Crippen LogP contribution in [0, 0.1) is 0 Å². The minimum absolute atomic E-state index is 0.0585. The van der Waals surface area contributed by atoms with Crippen LogP contribution in [0.2, 0.25) is 0 Å². The summed E-state index contributed by atoms with van der Waals surface area (Å²) in [6, 6.07) is 0. The summed E-state index contributed by atoms with van der Waals surface area (Å²) >= 11 is 5.27. The summed E-state index contributed by atoms with van der Waals surface area (Å²) < 4.78 is 2.08. The molecule has 1 rings (SSSR count). The predicted molar refractivity (Wildman–Crippen MR) is 91.8 cm³/mol. The SMILES string of the molecule is CCCn1ncc(NCCCCCCSC)c(Br)c1=O. The highest BCUT2D eigenvalue weighted by Gasteiger charge is 2.07. The monoisotopic (exact) mass is 361 g/mol. The van der Waals surface area contributed by atoms with Crippen LogP contribution in [0.15, 0.2) is 15.5 Å². The van der Waals surface area contributed by atoms with E-state index < -0.39 is 0 Å². The molecule has 0 bridgehead atoms. The maximum Gasteiger partial charge on any atom is 0.283 e. The van der Waals surface area contributed by atoms with Gasteiger partial charge in [0.1, 0.15) is 4.47 Å². The van der Waals surface area contributed by atoms with E-state index >= 15 is 0 Å². The first-order chi connectivity index (χ1) is 9.70. The van der Waals surface area contributed by atoms with Crippen molar-refractivity contribution in [2.45, 2.75) is 45.6 Å². The molecule has 1 aromatic rings. The number of halogens is 1. The van der Waals surface area contributed by atoms with Crippen molar-refractivity contribution >= 4 is 33.4 Å². The lowest BCUT2D eigenvalue weighted by Gasteiger charge is -2.10. The van der Waals surface area contributed by atoms with Crippen LogP contribution in [0.3, 0.4) is 0 Å². The molecule has 0 aliphatic carbocycles. The van der Waals surface area contributed by atoms with Gasteiger partial charge in [0, 0.05) is 13.1 Å². The highest BCUT2D eigenvalue weighted by Crippen LogP contribution is 2.16. The zero-order valence-corrected chi connectivity index (χ0v) is 14.7. The van der Waals surface area contributed by atoms with Gasteiger partial charge in [-0.05, 0) is 47.2 Å². The lowest BCUT2D eigenvalue weighted by Crippen LogP contribution is -2.24. The number of aromatic nitrogens is 2. The molecule has 0 aromatic carbocycles. The molecule has 0 fully saturated rings. The van der Waals surface area contributed by atoms with E-state index in [4.69, 9.17) is 0 Å². The summed E-state index contributed by atoms with van der Waals surface area (Å²) in [5, 5.41) is 7.46. The summed E-state index contributed by atoms with van der Waals surface area (Å²) in [4.78, 5) is 12.0. The molecular weight excluding hydrogens is 338 g/mol. The van der Waals surface area contributed by atoms with Gasteiger partial charge < -0.3 is 5.32 Å². The van der Waals surface area contributed by atoms with Crippen LogP contribution >= 0.6 is 27.7 Å². The molecule has 1 N–H and O–H groups in total. The fraction of sp³-hybridized carbons (Fsp3) is 0.714. The number of hydrogen-bond donors (Lipinski definition) is 1. The normalized spacial score (nSPS) is 10.8. The predicted octanol–water partition coefficient (Wildman–Crippen LogP) is 3.75. The Morgan fingerprint density at radius 3 is 2.80 bits per heavy atom. The molecule has 0 unspecified atom stereocenters. The van der Waals surface area contributed by atoms with Crippen molar-refractivity contribution in [3.8, 4) is 0 Å². The number of nitrogens with zero attached hydrogens (tertiary/aromatic N) is 2. The topological polar surface area (TPSA) is 46.9 Å².